The number of nitrogens with zero attached hydrogens (tertiary/aromatic N) is 2. The number of anilines is 2. The average Bonchev–Trinajstić information content (AvgIpc) is 3.04. The van der Waals surface area contributed by atoms with Gasteiger partial charge in [-0.2, -0.15) is 5.10 Å². The molecule has 1 heterocycles. The van der Waals surface area contributed by atoms with E-state index in [-0.39, 0.29) is 33.6 Å². The maximum Gasteiger partial charge on any atom is 0.261 e. The van der Waals surface area contributed by atoms with Crippen molar-refractivity contribution in [3.63, 3.8) is 0 Å². The number of nitrogens with one attached hydrogen (secondary N) is 2. The molecule has 146 valence electrons. The number of hydrogen-bond acceptors (Lipinski definition) is 4. The van der Waals surface area contributed by atoms with E-state index in [0.29, 0.717) is 5.69 Å². The van der Waals surface area contributed by atoms with Crippen molar-refractivity contribution in [2.45, 2.75) is 18.4 Å². The van der Waals surface area contributed by atoms with E-state index < -0.39 is 15.8 Å². The van der Waals surface area contributed by atoms with Crippen LogP contribution in [-0.4, -0.2) is 24.1 Å². The van der Waals surface area contributed by atoms with Gasteiger partial charge >= 0.3 is 0 Å². The van der Waals surface area contributed by atoms with Gasteiger partial charge in [-0.1, -0.05) is 17.7 Å². The third kappa shape index (κ3) is 4.68. The van der Waals surface area contributed by atoms with Crippen LogP contribution in [-0.2, 0) is 21.4 Å². The quantitative estimate of drug-likeness (QED) is 0.636. The van der Waals surface area contributed by atoms with Gasteiger partial charge in [-0.05, 0) is 36.4 Å². The van der Waals surface area contributed by atoms with Gasteiger partial charge in [-0.3, -0.25) is 14.2 Å². The Morgan fingerprint density at radius 3 is 2.54 bits per heavy atom. The number of sulfonamides is 1. The first kappa shape index (κ1) is 19.8. The number of carbonyl (C=O) groups is 1. The summed E-state index contributed by atoms with van der Waals surface area (Å²) in [5.74, 6) is -0.722. The molecule has 0 atom stereocenters. The molecule has 0 bridgehead atoms. The minimum absolute atomic E-state index is 0.0199. The first-order chi connectivity index (χ1) is 13.2. The highest BCUT2D eigenvalue weighted by Crippen LogP contribution is 2.21. The van der Waals surface area contributed by atoms with Crippen LogP contribution in [0.3, 0.4) is 0 Å². The highest BCUT2D eigenvalue weighted by Gasteiger charge is 2.16. The van der Waals surface area contributed by atoms with Gasteiger partial charge in [0.15, 0.2) is 0 Å². The van der Waals surface area contributed by atoms with Crippen molar-refractivity contribution in [1.82, 2.24) is 9.78 Å². The molecule has 0 spiro atoms. The summed E-state index contributed by atoms with van der Waals surface area (Å²) in [5.41, 5.74) is 0.967. The summed E-state index contributed by atoms with van der Waals surface area (Å²) in [6.45, 7) is 1.41. The third-order valence-corrected chi connectivity index (χ3v) is 5.50. The summed E-state index contributed by atoms with van der Waals surface area (Å²) in [4.78, 5) is 11.0. The van der Waals surface area contributed by atoms with E-state index in [2.05, 4.69) is 15.1 Å². The molecule has 0 aliphatic heterocycles. The van der Waals surface area contributed by atoms with Gasteiger partial charge in [0, 0.05) is 29.4 Å². The largest absolute Gasteiger partial charge is 0.326 e. The Balaban J connectivity index is 1.74. The number of carbonyl (C=O) groups excluding carboxylic acids is 1. The molecule has 28 heavy (non-hydrogen) atoms. The molecule has 1 amide bonds. The Morgan fingerprint density at radius 2 is 1.89 bits per heavy atom. The van der Waals surface area contributed by atoms with E-state index in [9.17, 15) is 17.6 Å². The van der Waals surface area contributed by atoms with Crippen LogP contribution in [0.1, 0.15) is 12.5 Å². The maximum absolute atomic E-state index is 13.9. The fourth-order valence-electron chi connectivity index (χ4n) is 2.48. The van der Waals surface area contributed by atoms with Crippen LogP contribution in [0.4, 0.5) is 15.8 Å². The zero-order chi connectivity index (χ0) is 20.3. The van der Waals surface area contributed by atoms with Gasteiger partial charge in [0.2, 0.25) is 5.91 Å². The van der Waals surface area contributed by atoms with E-state index in [1.807, 2.05) is 0 Å². The number of aromatic nitrogens is 2. The molecular weight excluding hydrogens is 407 g/mol. The van der Waals surface area contributed by atoms with Crippen LogP contribution in [0, 0.1) is 5.82 Å². The van der Waals surface area contributed by atoms with Crippen molar-refractivity contribution >= 4 is 38.9 Å². The maximum atomic E-state index is 13.9. The number of amides is 1. The lowest BCUT2D eigenvalue weighted by molar-refractivity contribution is -0.114. The van der Waals surface area contributed by atoms with Gasteiger partial charge in [0.05, 0.1) is 23.3 Å². The fraction of sp³-hybridized carbons (Fsp3) is 0.111. The van der Waals surface area contributed by atoms with E-state index in [1.165, 1.54) is 60.4 Å². The standard InChI is InChI=1S/C18H16ClFN4O3S/c1-12(25)22-13-5-7-15(8-6-13)28(26,27)23-14-9-21-24(10-14)11-16-17(19)3-2-4-18(16)20/h2-10,23H,11H2,1H3,(H,22,25). The number of benzene rings is 2. The molecule has 0 unspecified atom stereocenters. The molecular formula is C18H16ClFN4O3S. The Labute approximate surface area is 166 Å². The number of hydrogen-bond donors (Lipinski definition) is 2. The molecule has 3 aromatic rings. The van der Waals surface area contributed by atoms with Crippen LogP contribution in [0.25, 0.3) is 0 Å². The Hall–Kier alpha value is -2.91. The molecule has 0 aliphatic carbocycles. The van der Waals surface area contributed by atoms with Crippen LogP contribution in [0.2, 0.25) is 5.02 Å². The topological polar surface area (TPSA) is 93.1 Å². The van der Waals surface area contributed by atoms with Gasteiger partial charge in [-0.25, -0.2) is 12.8 Å². The van der Waals surface area contributed by atoms with Crippen LogP contribution < -0.4 is 10.0 Å². The second-order valence-corrected chi connectivity index (χ2v) is 8.03. The van der Waals surface area contributed by atoms with E-state index in [0.717, 1.165) is 0 Å². The zero-order valence-electron chi connectivity index (χ0n) is 14.7. The van der Waals surface area contributed by atoms with Crippen molar-refractivity contribution in [3.8, 4) is 0 Å². The predicted molar refractivity (Wildman–Crippen MR) is 104 cm³/mol. The molecule has 0 radical (unpaired) electrons. The van der Waals surface area contributed by atoms with Gasteiger partial charge < -0.3 is 5.32 Å². The summed E-state index contributed by atoms with van der Waals surface area (Å²) < 4.78 is 42.7. The number of halogens is 2. The fourth-order valence-corrected chi connectivity index (χ4v) is 3.73. The van der Waals surface area contributed by atoms with E-state index >= 15 is 0 Å². The van der Waals surface area contributed by atoms with E-state index in [4.69, 9.17) is 11.6 Å². The SMILES string of the molecule is CC(=O)Nc1ccc(S(=O)(=O)Nc2cnn(Cc3c(F)cccc3Cl)c2)cc1. The molecule has 7 nitrogen and oxygen atoms in total. The zero-order valence-corrected chi connectivity index (χ0v) is 16.3. The van der Waals surface area contributed by atoms with Crippen LogP contribution in [0.5, 0.6) is 0 Å². The van der Waals surface area contributed by atoms with Crippen molar-refractivity contribution in [3.05, 3.63) is 71.3 Å². The summed E-state index contributed by atoms with van der Waals surface area (Å²) in [5, 5.41) is 6.86. The summed E-state index contributed by atoms with van der Waals surface area (Å²) in [6, 6.07) is 10.1. The highest BCUT2D eigenvalue weighted by molar-refractivity contribution is 7.92. The predicted octanol–water partition coefficient (Wildman–Crippen LogP) is 3.48. The molecule has 0 aliphatic rings. The molecule has 0 saturated carbocycles. The molecule has 2 aromatic carbocycles. The van der Waals surface area contributed by atoms with Crippen molar-refractivity contribution < 1.29 is 17.6 Å². The first-order valence-electron chi connectivity index (χ1n) is 8.10. The van der Waals surface area contributed by atoms with Gasteiger partial charge in [0.25, 0.3) is 10.0 Å². The molecule has 0 saturated heterocycles. The Kier molecular flexibility index (Phi) is 5.66. The van der Waals surface area contributed by atoms with Crippen molar-refractivity contribution in [2.75, 3.05) is 10.0 Å². The molecule has 0 fully saturated rings. The lowest BCUT2D eigenvalue weighted by Crippen LogP contribution is -2.13. The molecule has 10 heteroatoms. The normalized spacial score (nSPS) is 11.2. The molecule has 2 N–H and O–H groups in total. The summed E-state index contributed by atoms with van der Waals surface area (Å²) >= 11 is 6.00. The minimum atomic E-state index is -3.85. The summed E-state index contributed by atoms with van der Waals surface area (Å²) in [6.07, 6.45) is 2.75. The highest BCUT2D eigenvalue weighted by atomic mass is 35.5. The molecule has 1 aromatic heterocycles. The smallest absolute Gasteiger partial charge is 0.261 e. The number of rotatable bonds is 6. The lowest BCUT2D eigenvalue weighted by Gasteiger charge is -2.08. The monoisotopic (exact) mass is 422 g/mol. The second-order valence-electron chi connectivity index (χ2n) is 5.94. The van der Waals surface area contributed by atoms with Crippen LogP contribution in [0.15, 0.2) is 59.8 Å². The first-order valence-corrected chi connectivity index (χ1v) is 9.96. The minimum Gasteiger partial charge on any atom is -0.326 e. The third-order valence-electron chi connectivity index (χ3n) is 3.75. The van der Waals surface area contributed by atoms with Crippen molar-refractivity contribution in [1.29, 1.82) is 0 Å². The molecule has 3 rings (SSSR count). The lowest BCUT2D eigenvalue weighted by atomic mass is 10.2. The van der Waals surface area contributed by atoms with Crippen molar-refractivity contribution in [2.24, 2.45) is 0 Å². The summed E-state index contributed by atoms with van der Waals surface area (Å²) in [7, 11) is -3.85. The second kappa shape index (κ2) is 7.99. The Morgan fingerprint density at radius 1 is 1.18 bits per heavy atom. The van der Waals surface area contributed by atoms with Gasteiger partial charge in [-0.15, -0.1) is 0 Å². The average molecular weight is 423 g/mol. The van der Waals surface area contributed by atoms with Gasteiger partial charge in [0.1, 0.15) is 5.82 Å². The van der Waals surface area contributed by atoms with E-state index in [1.54, 1.807) is 6.07 Å². The van der Waals surface area contributed by atoms with Crippen LogP contribution >= 0.6 is 11.6 Å². The Bertz CT molecular complexity index is 1090.